The summed E-state index contributed by atoms with van der Waals surface area (Å²) in [4.78, 5) is 15.5. The van der Waals surface area contributed by atoms with Crippen LogP contribution in [-0.2, 0) is 5.41 Å². The molecule has 4 aliphatic carbocycles. The number of aryl methyl sites for hydroxylation is 1. The van der Waals surface area contributed by atoms with E-state index in [1.807, 2.05) is 30.3 Å². The topological polar surface area (TPSA) is 65.0 Å². The molecule has 4 saturated carbocycles. The molecule has 13 rings (SSSR count). The first-order chi connectivity index (χ1) is 27.0. The van der Waals surface area contributed by atoms with E-state index >= 15 is 0 Å². The molecule has 4 fully saturated rings. The first kappa shape index (κ1) is 31.3. The third kappa shape index (κ3) is 5.02. The van der Waals surface area contributed by atoms with Crippen LogP contribution in [0.5, 0.6) is 0 Å². The molecule has 0 spiro atoms. The molecule has 0 atom stereocenters. The van der Waals surface area contributed by atoms with Crippen molar-refractivity contribution in [2.45, 2.75) is 50.9 Å². The predicted octanol–water partition coefficient (Wildman–Crippen LogP) is 13.1. The van der Waals surface area contributed by atoms with Gasteiger partial charge in [-0.05, 0) is 139 Å². The van der Waals surface area contributed by atoms with Gasteiger partial charge in [-0.2, -0.15) is 0 Å². The molecule has 3 aromatic heterocycles. The summed E-state index contributed by atoms with van der Waals surface area (Å²) in [6.07, 6.45) is 8.41. The molecule has 0 aliphatic heterocycles. The highest BCUT2D eigenvalue weighted by Crippen LogP contribution is 2.61. The Morgan fingerprint density at radius 1 is 0.436 bits per heavy atom. The molecule has 0 radical (unpaired) electrons. The molecule has 4 bridgehead atoms. The number of fused-ring (bicyclic) bond motifs is 6. The molecule has 3 heterocycles. The van der Waals surface area contributed by atoms with Gasteiger partial charge >= 0.3 is 0 Å². The van der Waals surface area contributed by atoms with Crippen LogP contribution < -0.4 is 0 Å². The summed E-state index contributed by atoms with van der Waals surface area (Å²) in [6, 6.07) is 44.7. The summed E-state index contributed by atoms with van der Waals surface area (Å²) in [5, 5.41) is 4.39. The standard InChI is InChI=1S/C50H39N3O2/c1-29-20-36(14-17-42(29)50-26-30-21-31(27-50)23-32(22-30)28-50)48-51-47(52-49(53-48)37-16-19-46-41(25-37)39-7-3-5-9-44(39)55-46)34-12-10-33(11-13-34)35-15-18-45-40(24-35)38-6-2-4-8-43(38)54-45/h2-20,24-25,30-32H,21-23,26-28H2,1H3. The number of benzene rings is 6. The minimum atomic E-state index is 0.340. The van der Waals surface area contributed by atoms with Crippen LogP contribution in [-0.4, -0.2) is 15.0 Å². The maximum absolute atomic E-state index is 6.17. The van der Waals surface area contributed by atoms with E-state index in [-0.39, 0.29) is 0 Å². The van der Waals surface area contributed by atoms with Crippen molar-refractivity contribution in [1.29, 1.82) is 0 Å². The Morgan fingerprint density at radius 2 is 0.873 bits per heavy atom. The molecule has 5 heteroatoms. The van der Waals surface area contributed by atoms with E-state index in [2.05, 4.69) is 104 Å². The second-order valence-electron chi connectivity index (χ2n) is 16.7. The zero-order valence-corrected chi connectivity index (χ0v) is 30.8. The average molecular weight is 714 g/mol. The highest BCUT2D eigenvalue weighted by Gasteiger charge is 2.52. The summed E-state index contributed by atoms with van der Waals surface area (Å²) in [5.74, 6) is 4.72. The van der Waals surface area contributed by atoms with Crippen LogP contribution in [0.1, 0.15) is 49.7 Å². The van der Waals surface area contributed by atoms with E-state index in [0.717, 1.165) is 89.4 Å². The van der Waals surface area contributed by atoms with Gasteiger partial charge in [-0.15, -0.1) is 0 Å². The zero-order valence-electron chi connectivity index (χ0n) is 30.8. The monoisotopic (exact) mass is 713 g/mol. The number of para-hydroxylation sites is 2. The lowest BCUT2D eigenvalue weighted by atomic mass is 9.47. The average Bonchev–Trinajstić information content (AvgIpc) is 3.78. The van der Waals surface area contributed by atoms with Gasteiger partial charge in [-0.1, -0.05) is 78.9 Å². The van der Waals surface area contributed by atoms with E-state index in [1.54, 1.807) is 5.56 Å². The first-order valence-corrected chi connectivity index (χ1v) is 19.8. The second-order valence-corrected chi connectivity index (χ2v) is 16.7. The Balaban J connectivity index is 0.959. The normalized spacial score (nSPS) is 21.7. The molecule has 55 heavy (non-hydrogen) atoms. The van der Waals surface area contributed by atoms with Crippen molar-refractivity contribution in [2.75, 3.05) is 0 Å². The van der Waals surface area contributed by atoms with Crippen molar-refractivity contribution in [3.8, 4) is 45.3 Å². The van der Waals surface area contributed by atoms with Crippen LogP contribution in [0.15, 0.2) is 136 Å². The van der Waals surface area contributed by atoms with Crippen LogP contribution >= 0.6 is 0 Å². The van der Waals surface area contributed by atoms with Crippen molar-refractivity contribution in [3.63, 3.8) is 0 Å². The minimum absolute atomic E-state index is 0.340. The molecule has 0 saturated heterocycles. The van der Waals surface area contributed by atoms with Crippen molar-refractivity contribution in [3.05, 3.63) is 139 Å². The van der Waals surface area contributed by atoms with Gasteiger partial charge in [-0.25, -0.2) is 15.0 Å². The van der Waals surface area contributed by atoms with Crippen LogP contribution in [0.2, 0.25) is 0 Å². The fourth-order valence-corrected chi connectivity index (χ4v) is 11.2. The number of nitrogens with zero attached hydrogens (tertiary/aromatic N) is 3. The maximum Gasteiger partial charge on any atom is 0.164 e. The molecular formula is C50H39N3O2. The van der Waals surface area contributed by atoms with Gasteiger partial charge < -0.3 is 8.83 Å². The molecule has 0 unspecified atom stereocenters. The lowest BCUT2D eigenvalue weighted by molar-refractivity contribution is -0.00545. The van der Waals surface area contributed by atoms with Gasteiger partial charge in [0.15, 0.2) is 17.5 Å². The van der Waals surface area contributed by atoms with Gasteiger partial charge in [0.25, 0.3) is 0 Å². The molecule has 266 valence electrons. The highest BCUT2D eigenvalue weighted by atomic mass is 16.3. The largest absolute Gasteiger partial charge is 0.456 e. The van der Waals surface area contributed by atoms with E-state index in [4.69, 9.17) is 23.8 Å². The fourth-order valence-electron chi connectivity index (χ4n) is 11.2. The summed E-state index contributed by atoms with van der Waals surface area (Å²) < 4.78 is 12.3. The summed E-state index contributed by atoms with van der Waals surface area (Å²) in [7, 11) is 0. The van der Waals surface area contributed by atoms with Gasteiger partial charge in [0, 0.05) is 38.2 Å². The van der Waals surface area contributed by atoms with E-state index in [9.17, 15) is 0 Å². The maximum atomic E-state index is 6.17. The summed E-state index contributed by atoms with van der Waals surface area (Å²) in [6.45, 7) is 2.31. The smallest absolute Gasteiger partial charge is 0.164 e. The lowest BCUT2D eigenvalue weighted by Gasteiger charge is -2.57. The van der Waals surface area contributed by atoms with Crippen LogP contribution in [0.3, 0.4) is 0 Å². The third-order valence-corrected chi connectivity index (χ3v) is 13.2. The lowest BCUT2D eigenvalue weighted by Crippen LogP contribution is -2.48. The quantitative estimate of drug-likeness (QED) is 0.178. The first-order valence-electron chi connectivity index (χ1n) is 19.8. The Morgan fingerprint density at radius 3 is 1.45 bits per heavy atom. The third-order valence-electron chi connectivity index (χ3n) is 13.2. The molecular weight excluding hydrogens is 675 g/mol. The molecule has 0 N–H and O–H groups in total. The Hall–Kier alpha value is -6.07. The van der Waals surface area contributed by atoms with Gasteiger partial charge in [0.2, 0.25) is 0 Å². The van der Waals surface area contributed by atoms with E-state index < -0.39 is 0 Å². The fraction of sp³-hybridized carbons (Fsp3) is 0.220. The van der Waals surface area contributed by atoms with Crippen molar-refractivity contribution < 1.29 is 8.83 Å². The van der Waals surface area contributed by atoms with Gasteiger partial charge in [0.05, 0.1) is 0 Å². The summed E-state index contributed by atoms with van der Waals surface area (Å²) in [5.41, 5.74) is 12.0. The number of aromatic nitrogens is 3. The number of rotatable bonds is 5. The van der Waals surface area contributed by atoms with E-state index in [0.29, 0.717) is 22.9 Å². The SMILES string of the molecule is Cc1cc(-c2nc(-c3ccc(-c4ccc5oc6ccccc6c5c4)cc3)nc(-c3ccc4oc5ccccc5c4c3)n2)ccc1C12CC3CC(CC(C3)C1)C2. The second kappa shape index (κ2) is 11.7. The Bertz CT molecular complexity index is 2950. The number of furan rings is 2. The molecule has 5 nitrogen and oxygen atoms in total. The molecule has 0 amide bonds. The van der Waals surface area contributed by atoms with Gasteiger partial charge in [0.1, 0.15) is 22.3 Å². The minimum Gasteiger partial charge on any atom is -0.456 e. The van der Waals surface area contributed by atoms with E-state index in [1.165, 1.54) is 44.1 Å². The number of hydrogen-bond acceptors (Lipinski definition) is 5. The molecule has 9 aromatic rings. The predicted molar refractivity (Wildman–Crippen MR) is 221 cm³/mol. The van der Waals surface area contributed by atoms with Crippen LogP contribution in [0.4, 0.5) is 0 Å². The van der Waals surface area contributed by atoms with Crippen molar-refractivity contribution in [1.82, 2.24) is 15.0 Å². The van der Waals surface area contributed by atoms with Crippen LogP contribution in [0, 0.1) is 24.7 Å². The number of hydrogen-bond donors (Lipinski definition) is 0. The molecule has 4 aliphatic rings. The van der Waals surface area contributed by atoms with Crippen molar-refractivity contribution in [2.24, 2.45) is 17.8 Å². The summed E-state index contributed by atoms with van der Waals surface area (Å²) >= 11 is 0. The Kier molecular flexibility index (Phi) is 6.67. The van der Waals surface area contributed by atoms with Crippen LogP contribution in [0.25, 0.3) is 89.2 Å². The Labute approximate surface area is 319 Å². The zero-order chi connectivity index (χ0) is 36.3. The molecule has 6 aromatic carbocycles. The van der Waals surface area contributed by atoms with Gasteiger partial charge in [-0.3, -0.25) is 0 Å². The highest BCUT2D eigenvalue weighted by molar-refractivity contribution is 6.07. The van der Waals surface area contributed by atoms with Crippen molar-refractivity contribution >= 4 is 43.9 Å².